The van der Waals surface area contributed by atoms with Gasteiger partial charge in [-0.3, -0.25) is 4.57 Å². The molecule has 90 valence electrons. The minimum Gasteiger partial charge on any atom is -0.330 e. The Kier molecular flexibility index (Phi) is 2.56. The first-order valence-electron chi connectivity index (χ1n) is 5.94. The van der Waals surface area contributed by atoms with Gasteiger partial charge in [0.15, 0.2) is 4.77 Å². The Morgan fingerprint density at radius 3 is 2.44 bits per heavy atom. The van der Waals surface area contributed by atoms with Gasteiger partial charge in [-0.15, -0.1) is 0 Å². The maximum atomic E-state index is 5.43. The molecule has 2 nitrogen and oxygen atoms in total. The summed E-state index contributed by atoms with van der Waals surface area (Å²) in [5.41, 5.74) is 5.82. The molecule has 0 aliphatic carbocycles. The molecule has 18 heavy (non-hydrogen) atoms. The van der Waals surface area contributed by atoms with E-state index in [-0.39, 0.29) is 0 Å². The number of benzene rings is 2. The second-order valence-corrected chi connectivity index (χ2v) is 4.96. The third-order valence-electron chi connectivity index (χ3n) is 3.20. The molecule has 2 aromatic carbocycles. The quantitative estimate of drug-likeness (QED) is 0.642. The largest absolute Gasteiger partial charge is 0.330 e. The summed E-state index contributed by atoms with van der Waals surface area (Å²) >= 11 is 5.43. The predicted octanol–water partition coefficient (Wildman–Crippen LogP) is 4.30. The van der Waals surface area contributed by atoms with E-state index in [1.807, 2.05) is 6.07 Å². The lowest BCUT2D eigenvalue weighted by Gasteiger charge is -2.06. The van der Waals surface area contributed by atoms with Crippen molar-refractivity contribution in [1.82, 2.24) is 9.55 Å². The van der Waals surface area contributed by atoms with E-state index < -0.39 is 0 Å². The van der Waals surface area contributed by atoms with E-state index in [2.05, 4.69) is 59.8 Å². The topological polar surface area (TPSA) is 20.7 Å². The first-order valence-corrected chi connectivity index (χ1v) is 6.35. The van der Waals surface area contributed by atoms with Gasteiger partial charge in [0.2, 0.25) is 0 Å². The molecule has 1 aromatic heterocycles. The van der Waals surface area contributed by atoms with Crippen molar-refractivity contribution in [2.24, 2.45) is 0 Å². The third kappa shape index (κ3) is 1.68. The minimum absolute atomic E-state index is 0.739. The third-order valence-corrected chi connectivity index (χ3v) is 3.48. The average Bonchev–Trinajstić information content (AvgIpc) is 2.68. The van der Waals surface area contributed by atoms with Crippen LogP contribution in [0, 0.1) is 18.6 Å². The van der Waals surface area contributed by atoms with Crippen molar-refractivity contribution in [2.45, 2.75) is 13.8 Å². The Hall–Kier alpha value is -1.87. The number of aromatic nitrogens is 2. The average molecular weight is 254 g/mol. The maximum absolute atomic E-state index is 5.43. The van der Waals surface area contributed by atoms with E-state index in [0.29, 0.717) is 0 Å². The molecular weight excluding hydrogens is 240 g/mol. The van der Waals surface area contributed by atoms with Crippen LogP contribution in [0.3, 0.4) is 0 Å². The van der Waals surface area contributed by atoms with Crippen LogP contribution < -0.4 is 0 Å². The fourth-order valence-electron chi connectivity index (χ4n) is 2.27. The molecule has 0 atom stereocenters. The van der Waals surface area contributed by atoms with Crippen LogP contribution in [0.4, 0.5) is 0 Å². The second-order valence-electron chi connectivity index (χ2n) is 4.57. The summed E-state index contributed by atoms with van der Waals surface area (Å²) in [4.78, 5) is 3.26. The van der Waals surface area contributed by atoms with Crippen LogP contribution >= 0.6 is 12.2 Å². The predicted molar refractivity (Wildman–Crippen MR) is 77.9 cm³/mol. The molecule has 0 saturated heterocycles. The number of hydrogen-bond donors (Lipinski definition) is 1. The Morgan fingerprint density at radius 2 is 1.72 bits per heavy atom. The first kappa shape index (κ1) is 11.2. The van der Waals surface area contributed by atoms with Gasteiger partial charge in [-0.05, 0) is 49.8 Å². The number of H-pyrrole nitrogens is 1. The fourth-order valence-corrected chi connectivity index (χ4v) is 2.58. The van der Waals surface area contributed by atoms with E-state index in [9.17, 15) is 0 Å². The van der Waals surface area contributed by atoms with Gasteiger partial charge in [-0.25, -0.2) is 0 Å². The number of aryl methyl sites for hydroxylation is 2. The molecule has 0 spiro atoms. The van der Waals surface area contributed by atoms with Crippen LogP contribution in [0.25, 0.3) is 16.7 Å². The number of fused-ring (bicyclic) bond motifs is 1. The number of nitrogens with one attached hydrogen (secondary N) is 1. The van der Waals surface area contributed by atoms with E-state index in [1.54, 1.807) is 0 Å². The standard InChI is InChI=1S/C15H14N2S/c1-10-6-8-12(9-7-10)17-14-11(2)4-3-5-13(14)16-15(17)18/h3-9H,1-2H3,(H,16,18). The van der Waals surface area contributed by atoms with Crippen LogP contribution in [0.5, 0.6) is 0 Å². The van der Waals surface area contributed by atoms with E-state index in [0.717, 1.165) is 21.5 Å². The van der Waals surface area contributed by atoms with Gasteiger partial charge >= 0.3 is 0 Å². The molecule has 0 aliphatic heterocycles. The fraction of sp³-hybridized carbons (Fsp3) is 0.133. The normalized spacial score (nSPS) is 11.0. The van der Waals surface area contributed by atoms with Crippen LogP contribution in [0.1, 0.15) is 11.1 Å². The summed E-state index contributed by atoms with van der Waals surface area (Å²) in [6.07, 6.45) is 0. The van der Waals surface area contributed by atoms with Crippen LogP contribution in [-0.4, -0.2) is 9.55 Å². The second kappa shape index (κ2) is 4.10. The highest BCUT2D eigenvalue weighted by Crippen LogP contribution is 2.22. The highest BCUT2D eigenvalue weighted by molar-refractivity contribution is 7.71. The van der Waals surface area contributed by atoms with Crippen molar-refractivity contribution < 1.29 is 0 Å². The van der Waals surface area contributed by atoms with E-state index in [4.69, 9.17) is 12.2 Å². The maximum Gasteiger partial charge on any atom is 0.182 e. The van der Waals surface area contributed by atoms with Gasteiger partial charge < -0.3 is 4.98 Å². The lowest BCUT2D eigenvalue weighted by atomic mass is 10.2. The Balaban J connectivity index is 2.38. The number of aromatic amines is 1. The van der Waals surface area contributed by atoms with Crippen molar-refractivity contribution in [3.05, 3.63) is 58.4 Å². The van der Waals surface area contributed by atoms with Crippen molar-refractivity contribution >= 4 is 23.3 Å². The monoisotopic (exact) mass is 254 g/mol. The summed E-state index contributed by atoms with van der Waals surface area (Å²) in [7, 11) is 0. The smallest absolute Gasteiger partial charge is 0.182 e. The van der Waals surface area contributed by atoms with Gasteiger partial charge in [0.25, 0.3) is 0 Å². The van der Waals surface area contributed by atoms with Gasteiger partial charge in [0.1, 0.15) is 0 Å². The van der Waals surface area contributed by atoms with Gasteiger partial charge in [0, 0.05) is 5.69 Å². The molecule has 0 aliphatic rings. The van der Waals surface area contributed by atoms with E-state index >= 15 is 0 Å². The van der Waals surface area contributed by atoms with Crippen LogP contribution in [0.15, 0.2) is 42.5 Å². The van der Waals surface area contributed by atoms with Crippen molar-refractivity contribution in [2.75, 3.05) is 0 Å². The zero-order valence-corrected chi connectivity index (χ0v) is 11.2. The Labute approximate surface area is 111 Å². The Bertz CT molecular complexity index is 763. The summed E-state index contributed by atoms with van der Waals surface area (Å²) in [5, 5.41) is 0. The number of rotatable bonds is 1. The molecule has 0 bridgehead atoms. The van der Waals surface area contributed by atoms with Crippen molar-refractivity contribution in [1.29, 1.82) is 0 Å². The number of nitrogens with zero attached hydrogens (tertiary/aromatic N) is 1. The lowest BCUT2D eigenvalue weighted by molar-refractivity contribution is 1.06. The molecule has 1 heterocycles. The van der Waals surface area contributed by atoms with Crippen LogP contribution in [0.2, 0.25) is 0 Å². The Morgan fingerprint density at radius 1 is 1.00 bits per heavy atom. The number of hydrogen-bond acceptors (Lipinski definition) is 1. The molecule has 3 aromatic rings. The SMILES string of the molecule is Cc1ccc(-n2c(=S)[nH]c3cccc(C)c32)cc1. The molecule has 3 rings (SSSR count). The highest BCUT2D eigenvalue weighted by Gasteiger charge is 2.08. The molecule has 0 saturated carbocycles. The molecule has 0 fully saturated rings. The molecular formula is C15H14N2S. The van der Waals surface area contributed by atoms with Gasteiger partial charge in [0.05, 0.1) is 11.0 Å². The molecule has 3 heteroatoms. The summed E-state index contributed by atoms with van der Waals surface area (Å²) in [5.74, 6) is 0. The van der Waals surface area contributed by atoms with Crippen molar-refractivity contribution in [3.8, 4) is 5.69 Å². The lowest BCUT2D eigenvalue weighted by Crippen LogP contribution is -1.95. The number of para-hydroxylation sites is 1. The van der Waals surface area contributed by atoms with Crippen LogP contribution in [-0.2, 0) is 0 Å². The summed E-state index contributed by atoms with van der Waals surface area (Å²) in [6.45, 7) is 4.19. The molecule has 0 radical (unpaired) electrons. The molecule has 1 N–H and O–H groups in total. The van der Waals surface area contributed by atoms with Crippen molar-refractivity contribution in [3.63, 3.8) is 0 Å². The van der Waals surface area contributed by atoms with E-state index in [1.165, 1.54) is 11.1 Å². The number of imidazole rings is 1. The molecule has 0 amide bonds. The highest BCUT2D eigenvalue weighted by atomic mass is 32.1. The minimum atomic E-state index is 0.739. The van der Waals surface area contributed by atoms with Gasteiger partial charge in [-0.2, -0.15) is 0 Å². The summed E-state index contributed by atoms with van der Waals surface area (Å²) < 4.78 is 2.84. The first-order chi connectivity index (χ1) is 8.66. The zero-order chi connectivity index (χ0) is 12.7. The zero-order valence-electron chi connectivity index (χ0n) is 10.4. The summed E-state index contributed by atoms with van der Waals surface area (Å²) in [6, 6.07) is 14.6. The molecule has 0 unspecified atom stereocenters. The van der Waals surface area contributed by atoms with Gasteiger partial charge in [-0.1, -0.05) is 29.8 Å².